The first kappa shape index (κ1) is 18.6. The molecule has 1 fully saturated rings. The minimum Gasteiger partial charge on any atom is -0.490 e. The number of ether oxygens (including phenoxy) is 1. The van der Waals surface area contributed by atoms with Crippen LogP contribution >= 0.6 is 11.3 Å². The Hall–Kier alpha value is -2.75. The highest BCUT2D eigenvalue weighted by atomic mass is 32.1. The van der Waals surface area contributed by atoms with E-state index in [0.29, 0.717) is 11.3 Å². The number of nitrogens with zero attached hydrogens (tertiary/aromatic N) is 3. The summed E-state index contributed by atoms with van der Waals surface area (Å²) in [6, 6.07) is 7.73. The van der Waals surface area contributed by atoms with Gasteiger partial charge in [0.05, 0.1) is 17.8 Å². The van der Waals surface area contributed by atoms with Crippen LogP contribution in [0.5, 0.6) is 5.75 Å². The maximum atomic E-state index is 10.1. The summed E-state index contributed by atoms with van der Waals surface area (Å²) >= 11 is 1.52. The van der Waals surface area contributed by atoms with Gasteiger partial charge in [-0.3, -0.25) is 0 Å². The third-order valence-electron chi connectivity index (χ3n) is 4.83. The van der Waals surface area contributed by atoms with E-state index >= 15 is 0 Å². The van der Waals surface area contributed by atoms with Crippen LogP contribution in [0.25, 0.3) is 10.6 Å². The van der Waals surface area contributed by atoms with E-state index in [9.17, 15) is 10.4 Å². The fourth-order valence-corrected chi connectivity index (χ4v) is 4.39. The van der Waals surface area contributed by atoms with E-state index in [1.807, 2.05) is 38.1 Å². The maximum absolute atomic E-state index is 10.1. The summed E-state index contributed by atoms with van der Waals surface area (Å²) < 4.78 is 5.69. The summed E-state index contributed by atoms with van der Waals surface area (Å²) in [5.74, 6) is 0.625. The van der Waals surface area contributed by atoms with Crippen molar-refractivity contribution in [3.8, 4) is 22.4 Å². The topological polar surface area (TPSA) is 79.0 Å². The van der Waals surface area contributed by atoms with Crippen molar-refractivity contribution in [2.24, 2.45) is 0 Å². The van der Waals surface area contributed by atoms with E-state index < -0.39 is 0 Å². The molecule has 1 heterocycles. The van der Waals surface area contributed by atoms with Gasteiger partial charge in [0.1, 0.15) is 21.8 Å². The van der Waals surface area contributed by atoms with E-state index in [1.165, 1.54) is 16.9 Å². The van der Waals surface area contributed by atoms with Gasteiger partial charge in [-0.05, 0) is 56.0 Å². The zero-order chi connectivity index (χ0) is 19.7. The zero-order valence-electron chi connectivity index (χ0n) is 15.8. The number of nitriles is 1. The summed E-state index contributed by atoms with van der Waals surface area (Å²) in [5.41, 5.74) is 3.56. The van der Waals surface area contributed by atoms with E-state index in [1.54, 1.807) is 6.07 Å². The number of benzene rings is 1. The molecule has 0 saturated heterocycles. The summed E-state index contributed by atoms with van der Waals surface area (Å²) in [6.45, 7) is 3.87. The van der Waals surface area contributed by atoms with Gasteiger partial charge < -0.3 is 9.84 Å². The lowest BCUT2D eigenvalue weighted by Crippen LogP contribution is -2.06. The smallest absolute Gasteiger partial charge is 0.147 e. The van der Waals surface area contributed by atoms with Gasteiger partial charge in [-0.25, -0.2) is 0 Å². The van der Waals surface area contributed by atoms with Gasteiger partial charge >= 0.3 is 0 Å². The Labute approximate surface area is 168 Å². The molecule has 2 aromatic rings. The average Bonchev–Trinajstić information content (AvgIpc) is 3.23. The highest BCUT2D eigenvalue weighted by Crippen LogP contribution is 2.38. The first-order valence-electron chi connectivity index (χ1n) is 9.37. The largest absolute Gasteiger partial charge is 0.490 e. The monoisotopic (exact) mass is 391 g/mol. The third-order valence-corrected chi connectivity index (χ3v) is 5.90. The molecule has 0 spiro atoms. The summed E-state index contributed by atoms with van der Waals surface area (Å²) in [4.78, 5) is 0. The quantitative estimate of drug-likeness (QED) is 0.829. The molecule has 0 bridgehead atoms. The van der Waals surface area contributed by atoms with E-state index in [4.69, 9.17) is 4.74 Å². The van der Waals surface area contributed by atoms with Gasteiger partial charge in [-0.15, -0.1) is 10.2 Å². The molecular formula is C22H21N3O2S. The third kappa shape index (κ3) is 3.64. The first-order chi connectivity index (χ1) is 13.5. The Balaban J connectivity index is 1.61. The molecule has 1 unspecified atom stereocenters. The standard InChI is InChI=1S/C22H21N3O2S/c1-13(2)27-20-9-7-16(11-17(20)12-23)22-25-24-21(28-22)15-4-3-5-18-14(10-15)6-8-19(18)26/h3-5,7,9-11,13,15,19,26H,6,8H2,1-2H3/t15?,19-/m1/s1. The second-order valence-corrected chi connectivity index (χ2v) is 8.22. The Morgan fingerprint density at radius 2 is 2.18 bits per heavy atom. The number of aliphatic hydroxyl groups excluding tert-OH is 1. The zero-order valence-corrected chi connectivity index (χ0v) is 16.6. The van der Waals surface area contributed by atoms with Crippen molar-refractivity contribution in [1.29, 1.82) is 5.26 Å². The van der Waals surface area contributed by atoms with Gasteiger partial charge in [-0.2, -0.15) is 5.26 Å². The summed E-state index contributed by atoms with van der Waals surface area (Å²) in [5, 5.41) is 29.9. The van der Waals surface area contributed by atoms with Gasteiger partial charge in [-0.1, -0.05) is 35.6 Å². The maximum Gasteiger partial charge on any atom is 0.147 e. The average molecular weight is 391 g/mol. The molecule has 28 heavy (non-hydrogen) atoms. The number of fused-ring (bicyclic) bond motifs is 1. The van der Waals surface area contributed by atoms with Crippen LogP contribution in [0.4, 0.5) is 0 Å². The van der Waals surface area contributed by atoms with Crippen LogP contribution in [0, 0.1) is 11.3 Å². The number of allylic oxidation sites excluding steroid dienone is 4. The number of rotatable bonds is 4. The van der Waals surface area contributed by atoms with Crippen LogP contribution in [0.3, 0.4) is 0 Å². The number of aliphatic hydroxyl groups is 1. The van der Waals surface area contributed by atoms with E-state index in [0.717, 1.165) is 34.0 Å². The lowest BCUT2D eigenvalue weighted by Gasteiger charge is -2.11. The first-order valence-corrected chi connectivity index (χ1v) is 10.2. The van der Waals surface area contributed by atoms with Crippen LogP contribution in [-0.4, -0.2) is 27.5 Å². The molecule has 0 aliphatic heterocycles. The number of hydrogen-bond acceptors (Lipinski definition) is 6. The van der Waals surface area contributed by atoms with Crippen LogP contribution in [0.1, 0.15) is 43.2 Å². The van der Waals surface area contributed by atoms with E-state index in [-0.39, 0.29) is 18.1 Å². The molecule has 1 N–H and O–H groups in total. The minimum absolute atomic E-state index is 0.00810. The molecule has 2 aliphatic carbocycles. The SMILES string of the molecule is CC(C)Oc1ccc(-c2nnc(C3C=CC=C4C(=C3)CC[C@H]4O)s2)cc1C#N. The van der Waals surface area contributed by atoms with Crippen molar-refractivity contribution in [3.63, 3.8) is 0 Å². The fourth-order valence-electron chi connectivity index (χ4n) is 3.50. The predicted molar refractivity (Wildman–Crippen MR) is 109 cm³/mol. The lowest BCUT2D eigenvalue weighted by molar-refractivity contribution is 0.218. The fraction of sp³-hybridized carbons (Fsp3) is 0.318. The van der Waals surface area contributed by atoms with Gasteiger partial charge in [0.15, 0.2) is 0 Å². The second kappa shape index (κ2) is 7.70. The van der Waals surface area contributed by atoms with Crippen LogP contribution in [-0.2, 0) is 0 Å². The highest BCUT2D eigenvalue weighted by molar-refractivity contribution is 7.14. The molecule has 1 saturated carbocycles. The molecule has 0 amide bonds. The number of aromatic nitrogens is 2. The molecule has 1 aromatic carbocycles. The molecule has 5 nitrogen and oxygen atoms in total. The van der Waals surface area contributed by atoms with Crippen molar-refractivity contribution in [2.45, 2.75) is 44.8 Å². The minimum atomic E-state index is -0.365. The van der Waals surface area contributed by atoms with Gasteiger partial charge in [0.2, 0.25) is 0 Å². The van der Waals surface area contributed by atoms with Crippen molar-refractivity contribution in [3.05, 3.63) is 64.2 Å². The molecular weight excluding hydrogens is 370 g/mol. The molecule has 0 radical (unpaired) electrons. The highest BCUT2D eigenvalue weighted by Gasteiger charge is 2.26. The Morgan fingerprint density at radius 1 is 1.32 bits per heavy atom. The number of hydrogen-bond donors (Lipinski definition) is 1. The molecule has 6 heteroatoms. The van der Waals surface area contributed by atoms with Gasteiger partial charge in [0, 0.05) is 11.5 Å². The summed E-state index contributed by atoms with van der Waals surface area (Å²) in [7, 11) is 0. The molecule has 2 atom stereocenters. The van der Waals surface area contributed by atoms with Crippen LogP contribution in [0.15, 0.2) is 53.6 Å². The Morgan fingerprint density at radius 3 is 2.96 bits per heavy atom. The molecule has 2 aliphatic rings. The van der Waals surface area contributed by atoms with Crippen molar-refractivity contribution >= 4 is 11.3 Å². The predicted octanol–water partition coefficient (Wildman–Crippen LogP) is 4.52. The molecule has 4 rings (SSSR count). The Kier molecular flexibility index (Phi) is 5.12. The second-order valence-electron chi connectivity index (χ2n) is 7.21. The lowest BCUT2D eigenvalue weighted by atomic mass is 10.0. The van der Waals surface area contributed by atoms with Crippen molar-refractivity contribution in [2.75, 3.05) is 0 Å². The molecule has 142 valence electrons. The van der Waals surface area contributed by atoms with E-state index in [2.05, 4.69) is 28.4 Å². The van der Waals surface area contributed by atoms with Crippen molar-refractivity contribution in [1.82, 2.24) is 10.2 Å². The van der Waals surface area contributed by atoms with Crippen LogP contribution in [0.2, 0.25) is 0 Å². The summed E-state index contributed by atoms with van der Waals surface area (Å²) in [6.07, 6.45) is 9.56. The Bertz CT molecular complexity index is 1030. The van der Waals surface area contributed by atoms with Crippen molar-refractivity contribution < 1.29 is 9.84 Å². The molecule has 1 aromatic heterocycles. The van der Waals surface area contributed by atoms with Gasteiger partial charge in [0.25, 0.3) is 0 Å². The van der Waals surface area contributed by atoms with Crippen LogP contribution < -0.4 is 4.74 Å². The normalized spacial score (nSPS) is 21.0.